The Morgan fingerprint density at radius 2 is 2.10 bits per heavy atom. The van der Waals surface area contributed by atoms with Gasteiger partial charge in [0, 0.05) is 18.7 Å². The summed E-state index contributed by atoms with van der Waals surface area (Å²) in [6.07, 6.45) is 1.69. The number of hydrogen-bond donors (Lipinski definition) is 2. The smallest absolute Gasteiger partial charge is 0.308 e. The number of carboxylic acids is 1. The standard InChI is InChI=1S/C13H19N3O5/c1-4-9(13(18)19)6-14-12(17)11-5-10(16(20)21)7-15(11)8(2)3/h5,7-9H,4,6H2,1-3H3,(H,14,17)(H,18,19). The topological polar surface area (TPSA) is 114 Å². The number of nitro groups is 1. The molecule has 0 fully saturated rings. The minimum atomic E-state index is -0.983. The second-order valence-corrected chi connectivity index (χ2v) is 5.00. The lowest BCUT2D eigenvalue weighted by atomic mass is 10.1. The molecule has 0 aliphatic carbocycles. The lowest BCUT2D eigenvalue weighted by molar-refractivity contribution is -0.384. The van der Waals surface area contributed by atoms with Gasteiger partial charge in [0.1, 0.15) is 5.69 Å². The van der Waals surface area contributed by atoms with E-state index in [0.29, 0.717) is 6.42 Å². The third-order valence-electron chi connectivity index (χ3n) is 3.18. The summed E-state index contributed by atoms with van der Waals surface area (Å²) >= 11 is 0. The van der Waals surface area contributed by atoms with Gasteiger partial charge in [-0.2, -0.15) is 0 Å². The number of carbonyl (C=O) groups excluding carboxylic acids is 1. The molecule has 0 bridgehead atoms. The zero-order valence-corrected chi connectivity index (χ0v) is 12.2. The van der Waals surface area contributed by atoms with E-state index >= 15 is 0 Å². The Morgan fingerprint density at radius 1 is 1.48 bits per heavy atom. The zero-order valence-electron chi connectivity index (χ0n) is 12.2. The molecular weight excluding hydrogens is 278 g/mol. The SMILES string of the molecule is CCC(CNC(=O)c1cc([N+](=O)[O-])cn1C(C)C)C(=O)O. The summed E-state index contributed by atoms with van der Waals surface area (Å²) in [4.78, 5) is 33.2. The average Bonchev–Trinajstić information content (AvgIpc) is 2.84. The highest BCUT2D eigenvalue weighted by Gasteiger charge is 2.22. The van der Waals surface area contributed by atoms with Gasteiger partial charge in [0.25, 0.3) is 11.6 Å². The van der Waals surface area contributed by atoms with Gasteiger partial charge in [0.05, 0.1) is 17.0 Å². The van der Waals surface area contributed by atoms with Crippen molar-refractivity contribution < 1.29 is 19.6 Å². The van der Waals surface area contributed by atoms with Gasteiger partial charge in [-0.3, -0.25) is 19.7 Å². The normalized spacial score (nSPS) is 12.2. The molecule has 1 atom stereocenters. The first kappa shape index (κ1) is 16.7. The van der Waals surface area contributed by atoms with Crippen molar-refractivity contribution in [2.75, 3.05) is 6.54 Å². The predicted molar refractivity (Wildman–Crippen MR) is 75.2 cm³/mol. The monoisotopic (exact) mass is 297 g/mol. The number of carboxylic acid groups (broad SMARTS) is 1. The first-order valence-corrected chi connectivity index (χ1v) is 6.65. The van der Waals surface area contributed by atoms with E-state index in [1.54, 1.807) is 20.8 Å². The van der Waals surface area contributed by atoms with E-state index in [1.165, 1.54) is 16.8 Å². The van der Waals surface area contributed by atoms with Crippen LogP contribution in [-0.4, -0.2) is 33.0 Å². The maximum absolute atomic E-state index is 12.1. The summed E-state index contributed by atoms with van der Waals surface area (Å²) in [5, 5.41) is 22.2. The van der Waals surface area contributed by atoms with Gasteiger partial charge >= 0.3 is 5.97 Å². The van der Waals surface area contributed by atoms with Crippen LogP contribution in [0.4, 0.5) is 5.69 Å². The largest absolute Gasteiger partial charge is 0.481 e. The van der Waals surface area contributed by atoms with E-state index in [2.05, 4.69) is 5.32 Å². The van der Waals surface area contributed by atoms with Crippen LogP contribution in [0.2, 0.25) is 0 Å². The molecule has 0 aliphatic rings. The highest BCUT2D eigenvalue weighted by molar-refractivity contribution is 5.93. The molecule has 8 heteroatoms. The summed E-state index contributed by atoms with van der Waals surface area (Å²) in [5.74, 6) is -2.18. The molecular formula is C13H19N3O5. The number of amides is 1. The van der Waals surface area contributed by atoms with Crippen molar-refractivity contribution in [2.45, 2.75) is 33.2 Å². The van der Waals surface area contributed by atoms with Crippen molar-refractivity contribution in [2.24, 2.45) is 5.92 Å². The van der Waals surface area contributed by atoms with Gasteiger partial charge in [0.15, 0.2) is 0 Å². The van der Waals surface area contributed by atoms with Crippen LogP contribution in [0.15, 0.2) is 12.3 Å². The van der Waals surface area contributed by atoms with E-state index < -0.39 is 22.7 Å². The Hall–Kier alpha value is -2.38. The van der Waals surface area contributed by atoms with Gasteiger partial charge < -0.3 is 15.0 Å². The van der Waals surface area contributed by atoms with Crippen LogP contribution in [0.1, 0.15) is 43.7 Å². The summed E-state index contributed by atoms with van der Waals surface area (Å²) < 4.78 is 1.50. The third kappa shape index (κ3) is 4.04. The van der Waals surface area contributed by atoms with Crippen LogP contribution in [0, 0.1) is 16.0 Å². The van der Waals surface area contributed by atoms with Crippen LogP contribution in [0.3, 0.4) is 0 Å². The predicted octanol–water partition coefficient (Wildman–Crippen LogP) is 1.82. The molecule has 21 heavy (non-hydrogen) atoms. The summed E-state index contributed by atoms with van der Waals surface area (Å²) in [6, 6.07) is 1.07. The van der Waals surface area contributed by atoms with E-state index in [9.17, 15) is 19.7 Å². The van der Waals surface area contributed by atoms with Gasteiger partial charge in [0.2, 0.25) is 0 Å². The maximum Gasteiger partial charge on any atom is 0.308 e. The van der Waals surface area contributed by atoms with Crippen molar-refractivity contribution >= 4 is 17.6 Å². The minimum absolute atomic E-state index is 0.0122. The number of nitrogens with zero attached hydrogens (tertiary/aromatic N) is 2. The second kappa shape index (κ2) is 6.87. The molecule has 1 aromatic heterocycles. The zero-order chi connectivity index (χ0) is 16.2. The molecule has 0 saturated carbocycles. The number of hydrogen-bond acceptors (Lipinski definition) is 4. The Labute approximate surface area is 121 Å². The average molecular weight is 297 g/mol. The molecule has 1 heterocycles. The van der Waals surface area contributed by atoms with Crippen LogP contribution in [0.25, 0.3) is 0 Å². The highest BCUT2D eigenvalue weighted by atomic mass is 16.6. The molecule has 1 aromatic rings. The summed E-state index contributed by atoms with van der Waals surface area (Å²) in [6.45, 7) is 5.30. The highest BCUT2D eigenvalue weighted by Crippen LogP contribution is 2.20. The van der Waals surface area contributed by atoms with E-state index in [4.69, 9.17) is 5.11 Å². The number of aliphatic carboxylic acids is 1. The first-order chi connectivity index (χ1) is 9.77. The van der Waals surface area contributed by atoms with Crippen LogP contribution in [0.5, 0.6) is 0 Å². The van der Waals surface area contributed by atoms with Gasteiger partial charge in [-0.25, -0.2) is 0 Å². The van der Waals surface area contributed by atoms with Crippen LogP contribution < -0.4 is 5.32 Å². The number of aromatic nitrogens is 1. The van der Waals surface area contributed by atoms with E-state index in [-0.39, 0.29) is 24.0 Å². The van der Waals surface area contributed by atoms with Crippen LogP contribution in [-0.2, 0) is 4.79 Å². The van der Waals surface area contributed by atoms with E-state index in [1.807, 2.05) is 0 Å². The molecule has 0 aliphatic heterocycles. The van der Waals surface area contributed by atoms with Gasteiger partial charge in [-0.15, -0.1) is 0 Å². The van der Waals surface area contributed by atoms with Crippen LogP contribution >= 0.6 is 0 Å². The number of rotatable bonds is 7. The lowest BCUT2D eigenvalue weighted by Crippen LogP contribution is -2.33. The molecule has 2 N–H and O–H groups in total. The summed E-state index contributed by atoms with van der Waals surface area (Å²) in [5.41, 5.74) is -0.0175. The van der Waals surface area contributed by atoms with Crippen molar-refractivity contribution in [3.05, 3.63) is 28.1 Å². The molecule has 0 saturated heterocycles. The molecule has 1 amide bonds. The Balaban J connectivity index is 2.91. The number of nitrogens with one attached hydrogen (secondary N) is 1. The lowest BCUT2D eigenvalue weighted by Gasteiger charge is -2.14. The Morgan fingerprint density at radius 3 is 2.52 bits per heavy atom. The molecule has 1 unspecified atom stereocenters. The minimum Gasteiger partial charge on any atom is -0.481 e. The molecule has 116 valence electrons. The van der Waals surface area contributed by atoms with Crippen molar-refractivity contribution in [3.63, 3.8) is 0 Å². The first-order valence-electron chi connectivity index (χ1n) is 6.65. The summed E-state index contributed by atoms with van der Waals surface area (Å²) in [7, 11) is 0. The van der Waals surface area contributed by atoms with Gasteiger partial charge in [-0.05, 0) is 20.3 Å². The molecule has 1 rings (SSSR count). The van der Waals surface area contributed by atoms with Gasteiger partial charge in [-0.1, -0.05) is 6.92 Å². The fraction of sp³-hybridized carbons (Fsp3) is 0.538. The Kier molecular flexibility index (Phi) is 5.45. The molecule has 0 radical (unpaired) electrons. The van der Waals surface area contributed by atoms with Crippen molar-refractivity contribution in [3.8, 4) is 0 Å². The molecule has 0 aromatic carbocycles. The van der Waals surface area contributed by atoms with Crippen molar-refractivity contribution in [1.29, 1.82) is 0 Å². The Bertz CT molecular complexity index is 550. The second-order valence-electron chi connectivity index (χ2n) is 5.00. The van der Waals surface area contributed by atoms with Crippen molar-refractivity contribution in [1.82, 2.24) is 9.88 Å². The molecule has 0 spiro atoms. The quantitative estimate of drug-likeness (QED) is 0.588. The maximum atomic E-state index is 12.1. The third-order valence-corrected chi connectivity index (χ3v) is 3.18. The fourth-order valence-electron chi connectivity index (χ4n) is 1.89. The fourth-order valence-corrected chi connectivity index (χ4v) is 1.89. The number of carbonyl (C=O) groups is 2. The molecule has 8 nitrogen and oxygen atoms in total. The van der Waals surface area contributed by atoms with E-state index in [0.717, 1.165) is 0 Å².